The smallest absolute Gasteiger partial charge is 0.282 e. The number of fused-ring (bicyclic) bond motifs is 2. The number of imide groups is 2. The third-order valence-corrected chi connectivity index (χ3v) is 10.2. The molecule has 5 heterocycles. The molecular weight excluding hydrogens is 654 g/mol. The number of aryl methyl sites for hydroxylation is 1. The zero-order chi connectivity index (χ0) is 32.3. The highest BCUT2D eigenvalue weighted by atomic mass is 79.9. The number of nitrogens with one attached hydrogen (secondary N) is 2. The molecule has 0 spiro atoms. The van der Waals surface area contributed by atoms with Crippen LogP contribution >= 0.6 is 15.9 Å². The van der Waals surface area contributed by atoms with Crippen LogP contribution < -0.4 is 16.2 Å². The highest BCUT2D eigenvalue weighted by molar-refractivity contribution is 9.10. The van der Waals surface area contributed by atoms with Crippen molar-refractivity contribution in [1.82, 2.24) is 29.8 Å². The second kappa shape index (κ2) is 11.9. The molecule has 13 heteroatoms. The minimum atomic E-state index is -0.963. The molecular formula is C33H34BrN7O5. The van der Waals surface area contributed by atoms with E-state index >= 15 is 0 Å². The van der Waals surface area contributed by atoms with E-state index in [4.69, 9.17) is 0 Å². The number of likely N-dealkylation sites (N-methyl/N-ethyl adjacent to an activating group) is 1. The molecule has 1 aromatic heterocycles. The first kappa shape index (κ1) is 30.5. The Bertz CT molecular complexity index is 1800. The minimum absolute atomic E-state index is 0.0966. The number of nitrogens with zero attached hydrogens (tertiary/aromatic N) is 5. The Balaban J connectivity index is 0.991. The molecule has 1 unspecified atom stereocenters. The van der Waals surface area contributed by atoms with Crippen molar-refractivity contribution in [3.05, 3.63) is 90.8 Å². The maximum Gasteiger partial charge on any atom is 0.282 e. The zero-order valence-corrected chi connectivity index (χ0v) is 27.2. The number of amides is 4. The summed E-state index contributed by atoms with van der Waals surface area (Å²) in [6.45, 7) is 3.83. The van der Waals surface area contributed by atoms with Gasteiger partial charge in [0.25, 0.3) is 17.4 Å². The summed E-state index contributed by atoms with van der Waals surface area (Å²) in [5.41, 5.74) is 5.62. The highest BCUT2D eigenvalue weighted by Crippen LogP contribution is 2.34. The summed E-state index contributed by atoms with van der Waals surface area (Å²) in [5.74, 6) is -1.62. The Labute approximate surface area is 273 Å². The van der Waals surface area contributed by atoms with E-state index < -0.39 is 23.8 Å². The summed E-state index contributed by atoms with van der Waals surface area (Å²) >= 11 is 3.42. The topological polar surface area (TPSA) is 137 Å². The van der Waals surface area contributed by atoms with Crippen molar-refractivity contribution in [3.8, 4) is 0 Å². The van der Waals surface area contributed by atoms with Crippen LogP contribution in [0.4, 0.5) is 5.69 Å². The van der Waals surface area contributed by atoms with Crippen LogP contribution in [-0.2, 0) is 36.3 Å². The van der Waals surface area contributed by atoms with E-state index in [-0.39, 0.29) is 30.3 Å². The number of benzene rings is 2. The fourth-order valence-electron chi connectivity index (χ4n) is 7.20. The van der Waals surface area contributed by atoms with Crippen LogP contribution in [0.3, 0.4) is 0 Å². The molecule has 2 fully saturated rings. The predicted octanol–water partition coefficient (Wildman–Crippen LogP) is 2.36. The van der Waals surface area contributed by atoms with Crippen LogP contribution in [0.5, 0.6) is 0 Å². The van der Waals surface area contributed by atoms with Crippen LogP contribution in [0.15, 0.2) is 51.9 Å². The monoisotopic (exact) mass is 687 g/mol. The number of piperidine rings is 2. The number of anilines is 1. The van der Waals surface area contributed by atoms with Gasteiger partial charge in [-0.2, -0.15) is 5.10 Å². The Morgan fingerprint density at radius 1 is 0.957 bits per heavy atom. The van der Waals surface area contributed by atoms with Gasteiger partial charge in [0.1, 0.15) is 10.5 Å². The summed E-state index contributed by atoms with van der Waals surface area (Å²) < 4.78 is 1.79. The number of hydrogen-bond acceptors (Lipinski definition) is 9. The first-order valence-corrected chi connectivity index (χ1v) is 16.2. The summed E-state index contributed by atoms with van der Waals surface area (Å²) in [6, 6.07) is 11.5. The van der Waals surface area contributed by atoms with Crippen molar-refractivity contribution in [2.24, 2.45) is 7.05 Å². The van der Waals surface area contributed by atoms with E-state index in [1.165, 1.54) is 15.8 Å². The molecule has 238 valence electrons. The zero-order valence-electron chi connectivity index (χ0n) is 25.6. The Kier molecular flexibility index (Phi) is 7.86. The fraction of sp³-hybridized carbons (Fsp3) is 0.394. The van der Waals surface area contributed by atoms with E-state index in [0.29, 0.717) is 40.3 Å². The maximum absolute atomic E-state index is 13.2. The van der Waals surface area contributed by atoms with Crippen molar-refractivity contribution < 1.29 is 19.2 Å². The van der Waals surface area contributed by atoms with Crippen molar-refractivity contribution in [2.75, 3.05) is 25.5 Å². The van der Waals surface area contributed by atoms with Crippen LogP contribution in [-0.4, -0.2) is 80.3 Å². The maximum atomic E-state index is 13.2. The van der Waals surface area contributed by atoms with Crippen LogP contribution in [0.25, 0.3) is 0 Å². The van der Waals surface area contributed by atoms with Crippen LogP contribution in [0.2, 0.25) is 0 Å². The molecule has 4 amide bonds. The molecule has 46 heavy (non-hydrogen) atoms. The van der Waals surface area contributed by atoms with Gasteiger partial charge in [0.05, 0.1) is 23.0 Å². The van der Waals surface area contributed by atoms with Crippen molar-refractivity contribution >= 4 is 45.2 Å². The third kappa shape index (κ3) is 5.56. The van der Waals surface area contributed by atoms with Crippen molar-refractivity contribution in [1.29, 1.82) is 0 Å². The Morgan fingerprint density at radius 3 is 2.28 bits per heavy atom. The lowest BCUT2D eigenvalue weighted by Crippen LogP contribution is -2.54. The molecule has 0 aliphatic carbocycles. The van der Waals surface area contributed by atoms with Crippen molar-refractivity contribution in [2.45, 2.75) is 56.9 Å². The SMILES string of the molecule is CN1C[C@@H](Nc2cnn(C)c(=O)c2Br)C[C@@H](c2ccc(CN3Cc4cc5c(cc4C3)C(=O)N(C3CCC(=O)NC3=O)C5=O)cc2)C1. The summed E-state index contributed by atoms with van der Waals surface area (Å²) in [6.07, 6.45) is 2.85. The number of rotatable bonds is 6. The van der Waals surface area contributed by atoms with Gasteiger partial charge in [-0.25, -0.2) is 4.68 Å². The largest absolute Gasteiger partial charge is 0.379 e. The summed E-state index contributed by atoms with van der Waals surface area (Å²) in [7, 11) is 3.74. The molecule has 0 saturated carbocycles. The normalized spacial score (nSPS) is 23.5. The molecule has 0 radical (unpaired) electrons. The lowest BCUT2D eigenvalue weighted by atomic mass is 9.87. The van der Waals surface area contributed by atoms with Gasteiger partial charge in [-0.05, 0) is 76.1 Å². The van der Waals surface area contributed by atoms with Gasteiger partial charge in [-0.15, -0.1) is 0 Å². The first-order valence-electron chi connectivity index (χ1n) is 15.4. The van der Waals surface area contributed by atoms with Gasteiger partial charge >= 0.3 is 0 Å². The molecule has 4 aliphatic heterocycles. The molecule has 3 atom stereocenters. The van der Waals surface area contributed by atoms with Gasteiger partial charge in [0.2, 0.25) is 11.8 Å². The molecule has 0 bridgehead atoms. The molecule has 3 aromatic rings. The predicted molar refractivity (Wildman–Crippen MR) is 172 cm³/mol. The quantitative estimate of drug-likeness (QED) is 0.374. The first-order chi connectivity index (χ1) is 22.0. The fourth-order valence-corrected chi connectivity index (χ4v) is 7.67. The lowest BCUT2D eigenvalue weighted by molar-refractivity contribution is -0.136. The number of likely N-dealkylation sites (tertiary alicyclic amines) is 1. The summed E-state index contributed by atoms with van der Waals surface area (Å²) in [4.78, 5) is 68.4. The van der Waals surface area contributed by atoms with E-state index in [1.54, 1.807) is 25.4 Å². The molecule has 12 nitrogen and oxygen atoms in total. The van der Waals surface area contributed by atoms with Gasteiger partial charge in [-0.1, -0.05) is 24.3 Å². The Hall–Kier alpha value is -4.20. The van der Waals surface area contributed by atoms with Gasteiger partial charge < -0.3 is 10.2 Å². The van der Waals surface area contributed by atoms with E-state index in [9.17, 15) is 24.0 Å². The van der Waals surface area contributed by atoms with E-state index in [0.717, 1.165) is 42.1 Å². The molecule has 2 saturated heterocycles. The molecule has 2 aromatic carbocycles. The number of carbonyl (C=O) groups is 4. The van der Waals surface area contributed by atoms with E-state index in [2.05, 4.69) is 72.8 Å². The average Bonchev–Trinajstić information content (AvgIpc) is 3.53. The molecule has 2 N–H and O–H groups in total. The lowest BCUT2D eigenvalue weighted by Gasteiger charge is -2.37. The number of aromatic nitrogens is 2. The number of halogens is 1. The summed E-state index contributed by atoms with van der Waals surface area (Å²) in [5, 5.41) is 9.91. The van der Waals surface area contributed by atoms with Crippen molar-refractivity contribution in [3.63, 3.8) is 0 Å². The van der Waals surface area contributed by atoms with E-state index in [1.807, 2.05) is 0 Å². The average molecular weight is 689 g/mol. The van der Waals surface area contributed by atoms with Gasteiger partial charge in [-0.3, -0.25) is 39.1 Å². The van der Waals surface area contributed by atoms with Gasteiger partial charge in [0, 0.05) is 52.2 Å². The number of hydrogen-bond donors (Lipinski definition) is 2. The molecule has 4 aliphatic rings. The van der Waals surface area contributed by atoms with Crippen LogP contribution in [0, 0.1) is 0 Å². The Morgan fingerprint density at radius 2 is 1.63 bits per heavy atom. The van der Waals surface area contributed by atoms with Gasteiger partial charge in [0.15, 0.2) is 0 Å². The highest BCUT2D eigenvalue weighted by Gasteiger charge is 2.45. The second-order valence-corrected chi connectivity index (χ2v) is 13.6. The second-order valence-electron chi connectivity index (χ2n) is 12.8. The molecule has 7 rings (SSSR count). The minimum Gasteiger partial charge on any atom is -0.379 e. The number of carbonyl (C=O) groups excluding carboxylic acids is 4. The standard InChI is InChI=1S/C33H34BrN7O5/c1-38-14-20(9-23(17-38)36-26-12-35-39(2)33(46)29(26)34)19-5-3-18(4-6-19)13-40-15-21-10-24-25(11-22(21)16-40)32(45)41(31(24)44)27-7-8-28(42)37-30(27)43/h3-6,10-12,20,23,27,36H,7-9,13-17H2,1-2H3,(H,37,42,43)/t20-,23+,27?/m1/s1. The van der Waals surface area contributed by atoms with Crippen LogP contribution in [0.1, 0.15) is 68.2 Å². The third-order valence-electron chi connectivity index (χ3n) is 9.48.